The predicted octanol–water partition coefficient (Wildman–Crippen LogP) is 1.57. The Bertz CT molecular complexity index is 312. The molecule has 0 aliphatic rings. The van der Waals surface area contributed by atoms with Gasteiger partial charge in [0.25, 0.3) is 0 Å². The molecule has 0 aromatic rings. The van der Waals surface area contributed by atoms with Crippen molar-refractivity contribution in [3.63, 3.8) is 0 Å². The molecule has 21 heavy (non-hydrogen) atoms. The zero-order valence-electron chi connectivity index (χ0n) is 13.7. The highest BCUT2D eigenvalue weighted by Crippen LogP contribution is 2.16. The summed E-state index contributed by atoms with van der Waals surface area (Å²) in [7, 11) is -5.07. The molecule has 0 unspecified atom stereocenters. The molecule has 9 heteroatoms. The Hall–Kier alpha value is -0.746. The first-order valence-electron chi connectivity index (χ1n) is 6.91. The molecule has 0 rings (SSSR count). The Morgan fingerprint density at radius 1 is 0.762 bits per heavy atom. The molecule has 0 amide bonds. The van der Waals surface area contributed by atoms with Crippen LogP contribution in [0.5, 0.6) is 0 Å². The van der Waals surface area contributed by atoms with Crippen LogP contribution in [0.15, 0.2) is 0 Å². The number of carbonyl (C=O) groups is 2. The molecule has 0 aromatic heterocycles. The van der Waals surface area contributed by atoms with E-state index in [-0.39, 0.29) is 13.2 Å². The van der Waals surface area contributed by atoms with Gasteiger partial charge in [-0.05, 0) is 40.0 Å². The fourth-order valence-corrected chi connectivity index (χ4v) is 7.66. The van der Waals surface area contributed by atoms with Gasteiger partial charge in [0.1, 0.15) is 13.2 Å². The van der Waals surface area contributed by atoms with Crippen molar-refractivity contribution in [2.24, 2.45) is 0 Å². The molecule has 0 spiro atoms. The van der Waals surface area contributed by atoms with Crippen molar-refractivity contribution in [3.8, 4) is 0 Å². The third kappa shape index (κ3) is 10.6. The zero-order valence-corrected chi connectivity index (χ0v) is 15.7. The summed E-state index contributed by atoms with van der Waals surface area (Å²) in [5, 5.41) is 0. The van der Waals surface area contributed by atoms with E-state index in [0.717, 1.165) is 0 Å². The Kier molecular flexibility index (Phi) is 8.98. The van der Waals surface area contributed by atoms with Crippen molar-refractivity contribution in [2.75, 3.05) is 26.4 Å². The molecule has 0 aromatic carbocycles. The maximum absolute atomic E-state index is 11.3. The molecule has 7 nitrogen and oxygen atoms in total. The summed E-state index contributed by atoms with van der Waals surface area (Å²) in [4.78, 5) is 22.6. The van der Waals surface area contributed by atoms with Crippen molar-refractivity contribution in [2.45, 2.75) is 40.0 Å². The van der Waals surface area contributed by atoms with Gasteiger partial charge in [0.2, 0.25) is 0 Å². The molecule has 0 fully saturated rings. The van der Waals surface area contributed by atoms with Gasteiger partial charge < -0.3 is 22.4 Å². The second kappa shape index (κ2) is 9.31. The minimum absolute atomic E-state index is 0.143. The van der Waals surface area contributed by atoms with E-state index in [2.05, 4.69) is 0 Å². The van der Waals surface area contributed by atoms with Crippen LogP contribution in [0.1, 0.15) is 13.8 Å². The Balaban J connectivity index is 4.26. The van der Waals surface area contributed by atoms with E-state index >= 15 is 0 Å². The van der Waals surface area contributed by atoms with E-state index in [1.54, 1.807) is 13.8 Å². The molecule has 0 radical (unpaired) electrons. The number of esters is 2. The topological polar surface area (TPSA) is 80.3 Å². The number of rotatable bonds is 10. The average Bonchev–Trinajstić information content (AvgIpc) is 2.34. The largest absolute Gasteiger partial charge is 0.464 e. The van der Waals surface area contributed by atoms with Crippen molar-refractivity contribution >= 4 is 29.1 Å². The summed E-state index contributed by atoms with van der Waals surface area (Å²) in [5.74, 6) is -0.845. The lowest BCUT2D eigenvalue weighted by Gasteiger charge is -2.32. The van der Waals surface area contributed by atoms with Crippen LogP contribution in [0.4, 0.5) is 0 Å². The predicted molar refractivity (Wildman–Crippen MR) is 81.2 cm³/mol. The highest BCUT2D eigenvalue weighted by Gasteiger charge is 2.37. The molecular formula is C12H26O7Si2. The van der Waals surface area contributed by atoms with Crippen molar-refractivity contribution in [1.29, 1.82) is 0 Å². The lowest BCUT2D eigenvalue weighted by molar-refractivity contribution is -0.146. The standard InChI is InChI=1S/C12H26O7Si2/c1-7-15-11(13)9-17-20(3,4)19-21(5,6)18-10-12(14)16-8-2/h7-10H2,1-6H3. The van der Waals surface area contributed by atoms with E-state index in [1.807, 2.05) is 26.2 Å². The first-order valence-corrected chi connectivity index (χ1v) is 12.5. The van der Waals surface area contributed by atoms with Crippen LogP contribution in [-0.4, -0.2) is 55.5 Å². The molecule has 0 aliphatic heterocycles. The van der Waals surface area contributed by atoms with Crippen molar-refractivity contribution in [3.05, 3.63) is 0 Å². The number of hydrogen-bond donors (Lipinski definition) is 0. The smallest absolute Gasteiger partial charge is 0.330 e. The Morgan fingerprint density at radius 2 is 1.10 bits per heavy atom. The van der Waals surface area contributed by atoms with Crippen molar-refractivity contribution < 1.29 is 32.0 Å². The summed E-state index contributed by atoms with van der Waals surface area (Å²) in [5.41, 5.74) is 0. The first-order chi connectivity index (χ1) is 9.62. The Morgan fingerprint density at radius 3 is 1.38 bits per heavy atom. The van der Waals surface area contributed by atoms with E-state index in [0.29, 0.717) is 13.2 Å². The second-order valence-electron chi connectivity index (χ2n) is 5.09. The summed E-state index contributed by atoms with van der Waals surface area (Å²) >= 11 is 0. The van der Waals surface area contributed by atoms with Crippen LogP contribution in [-0.2, 0) is 32.0 Å². The number of ether oxygens (including phenoxy) is 2. The average molecular weight is 339 g/mol. The third-order valence-corrected chi connectivity index (χ3v) is 7.79. The van der Waals surface area contributed by atoms with Gasteiger partial charge in [-0.3, -0.25) is 0 Å². The van der Waals surface area contributed by atoms with Gasteiger partial charge in [-0.2, -0.15) is 0 Å². The van der Waals surface area contributed by atoms with Gasteiger partial charge in [-0.1, -0.05) is 0 Å². The van der Waals surface area contributed by atoms with Crippen LogP contribution in [0.25, 0.3) is 0 Å². The van der Waals surface area contributed by atoms with Gasteiger partial charge in [0, 0.05) is 0 Å². The van der Waals surface area contributed by atoms with Crippen LogP contribution in [0.2, 0.25) is 26.2 Å². The SMILES string of the molecule is CCOC(=O)CO[Si](C)(C)O[Si](C)(C)OCC(=O)OCC. The van der Waals surface area contributed by atoms with Gasteiger partial charge in [-0.15, -0.1) is 0 Å². The summed E-state index contributed by atoms with van der Waals surface area (Å²) in [6, 6.07) is 0. The molecular weight excluding hydrogens is 312 g/mol. The first kappa shape index (κ1) is 20.3. The van der Waals surface area contributed by atoms with Crippen LogP contribution in [0, 0.1) is 0 Å². The molecule has 0 N–H and O–H groups in total. The summed E-state index contributed by atoms with van der Waals surface area (Å²) < 4.78 is 26.5. The van der Waals surface area contributed by atoms with Crippen LogP contribution in [0.3, 0.4) is 0 Å². The highest BCUT2D eigenvalue weighted by atomic mass is 28.5. The molecule has 0 saturated heterocycles. The van der Waals surface area contributed by atoms with Crippen LogP contribution >= 0.6 is 0 Å². The summed E-state index contributed by atoms with van der Waals surface area (Å²) in [6.07, 6.45) is 0. The van der Waals surface area contributed by atoms with E-state index in [1.165, 1.54) is 0 Å². The third-order valence-electron chi connectivity index (χ3n) is 2.18. The summed E-state index contributed by atoms with van der Waals surface area (Å²) in [6.45, 7) is 11.1. The second-order valence-corrected chi connectivity index (χ2v) is 12.1. The molecule has 0 saturated carbocycles. The quantitative estimate of drug-likeness (QED) is 0.442. The molecule has 0 bridgehead atoms. The van der Waals surface area contributed by atoms with E-state index in [4.69, 9.17) is 22.4 Å². The van der Waals surface area contributed by atoms with Gasteiger partial charge >= 0.3 is 29.1 Å². The minimum atomic E-state index is -2.54. The lowest BCUT2D eigenvalue weighted by atomic mass is 10.7. The van der Waals surface area contributed by atoms with Gasteiger partial charge in [-0.25, -0.2) is 9.59 Å². The number of hydrogen-bond acceptors (Lipinski definition) is 7. The van der Waals surface area contributed by atoms with Crippen molar-refractivity contribution in [1.82, 2.24) is 0 Å². The maximum Gasteiger partial charge on any atom is 0.330 e. The maximum atomic E-state index is 11.3. The van der Waals surface area contributed by atoms with Gasteiger partial charge in [0.05, 0.1) is 13.2 Å². The normalized spacial score (nSPS) is 12.1. The van der Waals surface area contributed by atoms with Gasteiger partial charge in [0.15, 0.2) is 0 Å². The molecule has 0 atom stereocenters. The molecule has 124 valence electrons. The fourth-order valence-electron chi connectivity index (χ4n) is 1.52. The fraction of sp³-hybridized carbons (Fsp3) is 0.833. The lowest BCUT2D eigenvalue weighted by Crippen LogP contribution is -2.49. The zero-order chi connectivity index (χ0) is 16.5. The monoisotopic (exact) mass is 338 g/mol. The minimum Gasteiger partial charge on any atom is -0.464 e. The van der Waals surface area contributed by atoms with Crippen LogP contribution < -0.4 is 0 Å². The Labute approximate surface area is 128 Å². The van der Waals surface area contributed by atoms with E-state index < -0.39 is 29.1 Å². The van der Waals surface area contributed by atoms with E-state index in [9.17, 15) is 9.59 Å². The number of carbonyl (C=O) groups excluding carboxylic acids is 2. The molecule has 0 aliphatic carbocycles. The highest BCUT2D eigenvalue weighted by molar-refractivity contribution is 6.78. The molecule has 0 heterocycles.